The molecule has 1 aromatic carbocycles. The number of nitrogens with one attached hydrogen (secondary N) is 1. The first-order valence-electron chi connectivity index (χ1n) is 7.75. The molecule has 0 aliphatic rings. The van der Waals surface area contributed by atoms with E-state index in [9.17, 15) is 9.59 Å². The Morgan fingerprint density at radius 2 is 1.81 bits per heavy atom. The fourth-order valence-electron chi connectivity index (χ4n) is 2.25. The van der Waals surface area contributed by atoms with Crippen molar-refractivity contribution in [2.45, 2.75) is 13.0 Å². The van der Waals surface area contributed by atoms with E-state index in [0.29, 0.717) is 16.3 Å². The van der Waals surface area contributed by atoms with E-state index in [1.165, 1.54) is 51.7 Å². The number of methoxy groups -OCH3 is 3. The van der Waals surface area contributed by atoms with Gasteiger partial charge in [0.2, 0.25) is 5.75 Å². The summed E-state index contributed by atoms with van der Waals surface area (Å²) >= 11 is 1.20. The van der Waals surface area contributed by atoms with E-state index in [0.717, 1.165) is 0 Å². The minimum absolute atomic E-state index is 0.0867. The predicted molar refractivity (Wildman–Crippen MR) is 98.6 cm³/mol. The summed E-state index contributed by atoms with van der Waals surface area (Å²) in [4.78, 5) is 24.8. The highest BCUT2D eigenvalue weighted by atomic mass is 32.1. The fraction of sp³-hybridized carbons (Fsp3) is 0.278. The molecule has 0 spiro atoms. The molecule has 0 radical (unpaired) electrons. The van der Waals surface area contributed by atoms with Crippen LogP contribution in [0.25, 0.3) is 0 Å². The van der Waals surface area contributed by atoms with Crippen LogP contribution in [0.1, 0.15) is 22.8 Å². The maximum Gasteiger partial charge on any atom is 0.342 e. The second-order valence-corrected chi connectivity index (χ2v) is 6.11. The Kier molecular flexibility index (Phi) is 6.62. The number of hydrogen-bond acceptors (Lipinski definition) is 8. The van der Waals surface area contributed by atoms with Gasteiger partial charge in [-0.05, 0) is 30.5 Å². The molecule has 1 atom stereocenters. The summed E-state index contributed by atoms with van der Waals surface area (Å²) in [7, 11) is 4.26. The Hall–Kier alpha value is -3.25. The van der Waals surface area contributed by atoms with Gasteiger partial charge in [0.25, 0.3) is 5.91 Å². The molecule has 1 amide bonds. The summed E-state index contributed by atoms with van der Waals surface area (Å²) in [5.41, 5.74) is 0.428. The molecule has 8 nitrogen and oxygen atoms in total. The van der Waals surface area contributed by atoms with Gasteiger partial charge in [0, 0.05) is 0 Å². The molecule has 1 aromatic heterocycles. The largest absolute Gasteiger partial charge is 0.493 e. The lowest BCUT2D eigenvalue weighted by Crippen LogP contribution is -2.30. The number of nitrogens with zero attached hydrogens (tertiary/aromatic N) is 1. The van der Waals surface area contributed by atoms with E-state index in [1.54, 1.807) is 11.4 Å². The number of rotatable bonds is 7. The van der Waals surface area contributed by atoms with Crippen LogP contribution in [-0.2, 0) is 9.53 Å². The topological polar surface area (TPSA) is 107 Å². The van der Waals surface area contributed by atoms with Crippen molar-refractivity contribution >= 4 is 28.2 Å². The van der Waals surface area contributed by atoms with Gasteiger partial charge in [0.15, 0.2) is 17.6 Å². The molecule has 9 heteroatoms. The normalized spacial score (nSPS) is 11.1. The molecule has 0 saturated heterocycles. The van der Waals surface area contributed by atoms with Crippen molar-refractivity contribution in [1.82, 2.24) is 0 Å². The van der Waals surface area contributed by atoms with Gasteiger partial charge in [0.1, 0.15) is 16.6 Å². The average Bonchev–Trinajstić information content (AvgIpc) is 3.13. The zero-order valence-electron chi connectivity index (χ0n) is 15.2. The number of ether oxygens (including phenoxy) is 4. The van der Waals surface area contributed by atoms with Crippen LogP contribution in [0.4, 0.5) is 5.00 Å². The Labute approximate surface area is 160 Å². The number of esters is 1. The summed E-state index contributed by atoms with van der Waals surface area (Å²) in [6, 6.07) is 6.55. The summed E-state index contributed by atoms with van der Waals surface area (Å²) in [5.74, 6) is -0.550. The van der Waals surface area contributed by atoms with Crippen LogP contribution < -0.4 is 19.5 Å². The molecule has 1 heterocycles. The highest BCUT2D eigenvalue weighted by Crippen LogP contribution is 2.40. The van der Waals surface area contributed by atoms with Crippen LogP contribution in [0.2, 0.25) is 0 Å². The maximum absolute atomic E-state index is 12.5. The van der Waals surface area contributed by atoms with Gasteiger partial charge in [0.05, 0.1) is 26.9 Å². The van der Waals surface area contributed by atoms with Crippen LogP contribution in [0.3, 0.4) is 0 Å². The second-order valence-electron chi connectivity index (χ2n) is 5.19. The highest BCUT2D eigenvalue weighted by Gasteiger charge is 2.25. The zero-order chi connectivity index (χ0) is 20.0. The molecular formula is C18H18N2O6S. The van der Waals surface area contributed by atoms with Crippen LogP contribution in [0.5, 0.6) is 17.2 Å². The monoisotopic (exact) mass is 390 g/mol. The number of carbonyl (C=O) groups excluding carboxylic acids is 2. The SMILES string of the molecule is COc1ccc(C(=O)OC(C)C(=O)Nc2sccc2C#N)c(OC)c1OC. The quantitative estimate of drug-likeness (QED) is 0.724. The Morgan fingerprint density at radius 3 is 2.41 bits per heavy atom. The first-order chi connectivity index (χ1) is 13.0. The first-order valence-corrected chi connectivity index (χ1v) is 8.63. The van der Waals surface area contributed by atoms with Gasteiger partial charge in [-0.1, -0.05) is 0 Å². The molecule has 142 valence electrons. The number of amides is 1. The van der Waals surface area contributed by atoms with Crippen molar-refractivity contribution in [2.24, 2.45) is 0 Å². The summed E-state index contributed by atoms with van der Waals surface area (Å²) in [6.07, 6.45) is -1.09. The number of benzene rings is 1. The molecular weight excluding hydrogens is 372 g/mol. The summed E-state index contributed by atoms with van der Waals surface area (Å²) in [5, 5.41) is 13.6. The minimum Gasteiger partial charge on any atom is -0.493 e. The predicted octanol–water partition coefficient (Wildman–Crippen LogP) is 2.83. The molecule has 0 bridgehead atoms. The van der Waals surface area contributed by atoms with Gasteiger partial charge < -0.3 is 24.3 Å². The van der Waals surface area contributed by atoms with Gasteiger partial charge >= 0.3 is 5.97 Å². The lowest BCUT2D eigenvalue weighted by atomic mass is 10.1. The summed E-state index contributed by atoms with van der Waals surface area (Å²) in [6.45, 7) is 1.43. The van der Waals surface area contributed by atoms with Crippen molar-refractivity contribution in [3.05, 3.63) is 34.7 Å². The van der Waals surface area contributed by atoms with Gasteiger partial charge in [-0.25, -0.2) is 4.79 Å². The fourth-order valence-corrected chi connectivity index (χ4v) is 2.99. The van der Waals surface area contributed by atoms with E-state index >= 15 is 0 Å². The van der Waals surface area contributed by atoms with Crippen molar-refractivity contribution in [1.29, 1.82) is 5.26 Å². The summed E-state index contributed by atoms with van der Waals surface area (Å²) < 4.78 is 20.9. The molecule has 2 aromatic rings. The number of hydrogen-bond donors (Lipinski definition) is 1. The number of carbonyl (C=O) groups is 2. The number of anilines is 1. The third-order valence-electron chi connectivity index (χ3n) is 3.60. The third kappa shape index (κ3) is 4.30. The molecule has 0 aliphatic carbocycles. The van der Waals surface area contributed by atoms with Gasteiger partial charge in [-0.3, -0.25) is 4.79 Å². The van der Waals surface area contributed by atoms with Crippen molar-refractivity contribution in [3.63, 3.8) is 0 Å². The smallest absolute Gasteiger partial charge is 0.342 e. The number of thiophene rings is 1. The standard InChI is InChI=1S/C18H18N2O6S/c1-10(16(21)20-17-11(9-19)7-8-27-17)26-18(22)12-5-6-13(23-2)15(25-4)14(12)24-3/h5-8,10H,1-4H3,(H,20,21). The van der Waals surface area contributed by atoms with Crippen molar-refractivity contribution in [3.8, 4) is 23.3 Å². The van der Waals surface area contributed by atoms with E-state index in [4.69, 9.17) is 24.2 Å². The molecule has 2 rings (SSSR count). The first kappa shape index (κ1) is 20.1. The highest BCUT2D eigenvalue weighted by molar-refractivity contribution is 7.14. The number of nitriles is 1. The van der Waals surface area contributed by atoms with E-state index in [2.05, 4.69) is 5.32 Å². The van der Waals surface area contributed by atoms with Crippen LogP contribution in [-0.4, -0.2) is 39.3 Å². The van der Waals surface area contributed by atoms with Gasteiger partial charge in [-0.2, -0.15) is 5.26 Å². The van der Waals surface area contributed by atoms with E-state index in [-0.39, 0.29) is 17.1 Å². The van der Waals surface area contributed by atoms with Crippen LogP contribution in [0.15, 0.2) is 23.6 Å². The molecule has 0 saturated carbocycles. The van der Waals surface area contributed by atoms with E-state index in [1.807, 2.05) is 6.07 Å². The molecule has 27 heavy (non-hydrogen) atoms. The molecule has 1 N–H and O–H groups in total. The Balaban J connectivity index is 2.17. The third-order valence-corrected chi connectivity index (χ3v) is 4.43. The van der Waals surface area contributed by atoms with Gasteiger partial charge in [-0.15, -0.1) is 11.3 Å². The average molecular weight is 390 g/mol. The van der Waals surface area contributed by atoms with Crippen molar-refractivity contribution in [2.75, 3.05) is 26.6 Å². The molecule has 0 fully saturated rings. The lowest BCUT2D eigenvalue weighted by molar-refractivity contribution is -0.123. The zero-order valence-corrected chi connectivity index (χ0v) is 16.0. The second kappa shape index (κ2) is 8.91. The van der Waals surface area contributed by atoms with Crippen molar-refractivity contribution < 1.29 is 28.5 Å². The Bertz CT molecular complexity index is 886. The lowest BCUT2D eigenvalue weighted by Gasteiger charge is -2.17. The van der Waals surface area contributed by atoms with Crippen LogP contribution in [0, 0.1) is 11.3 Å². The maximum atomic E-state index is 12.5. The van der Waals surface area contributed by atoms with Crippen LogP contribution >= 0.6 is 11.3 Å². The Morgan fingerprint density at radius 1 is 1.11 bits per heavy atom. The molecule has 1 unspecified atom stereocenters. The van der Waals surface area contributed by atoms with E-state index < -0.39 is 18.0 Å². The minimum atomic E-state index is -1.09. The molecule has 0 aliphatic heterocycles.